The molecule has 0 heterocycles. The largest absolute Gasteiger partial charge is 0.492 e. The van der Waals surface area contributed by atoms with Gasteiger partial charge in [0.25, 0.3) is 5.69 Å². The monoisotopic (exact) mass is 339 g/mol. The van der Waals surface area contributed by atoms with E-state index in [-0.39, 0.29) is 11.5 Å². The number of nitrogens with one attached hydrogen (secondary N) is 1. The summed E-state index contributed by atoms with van der Waals surface area (Å²) in [6.45, 7) is 2.03. The molecule has 0 fully saturated rings. The standard InChI is InChI=1S/C18H17N3O4/c1-13(22)15-4-7-17(18(12-15)21(23)24)20-10-11-25-16-5-2-14(3-6-16)8-9-19/h2-7,12,20H,8,10-11H2,1H3. The van der Waals surface area contributed by atoms with Crippen LogP contribution in [0.3, 0.4) is 0 Å². The van der Waals surface area contributed by atoms with Crippen molar-refractivity contribution in [3.63, 3.8) is 0 Å². The third-order valence-corrected chi connectivity index (χ3v) is 3.49. The Bertz CT molecular complexity index is 810. The number of ketones is 1. The van der Waals surface area contributed by atoms with E-state index in [2.05, 4.69) is 11.4 Å². The molecule has 2 rings (SSSR count). The number of nitrogens with zero attached hydrogens (tertiary/aromatic N) is 2. The number of hydrogen-bond donors (Lipinski definition) is 1. The van der Waals surface area contributed by atoms with Crippen molar-refractivity contribution in [1.29, 1.82) is 5.26 Å². The molecule has 1 N–H and O–H groups in total. The zero-order valence-electron chi connectivity index (χ0n) is 13.7. The average molecular weight is 339 g/mol. The van der Waals surface area contributed by atoms with Crippen LogP contribution in [0.5, 0.6) is 5.75 Å². The van der Waals surface area contributed by atoms with Gasteiger partial charge in [-0.3, -0.25) is 14.9 Å². The number of nitriles is 1. The molecule has 0 saturated carbocycles. The number of benzene rings is 2. The number of Topliss-reactive ketones (excluding diaryl/α,β-unsaturated/α-hetero) is 1. The third-order valence-electron chi connectivity index (χ3n) is 3.49. The van der Waals surface area contributed by atoms with E-state index in [4.69, 9.17) is 10.00 Å². The van der Waals surface area contributed by atoms with E-state index in [0.29, 0.717) is 36.6 Å². The van der Waals surface area contributed by atoms with Crippen LogP contribution in [0.1, 0.15) is 22.8 Å². The molecule has 0 radical (unpaired) electrons. The maximum Gasteiger partial charge on any atom is 0.293 e. The lowest BCUT2D eigenvalue weighted by atomic mass is 10.1. The second-order valence-electron chi connectivity index (χ2n) is 5.30. The molecule has 0 aliphatic heterocycles. The number of ether oxygens (including phenoxy) is 1. The van der Waals surface area contributed by atoms with Gasteiger partial charge in [-0.05, 0) is 36.8 Å². The zero-order chi connectivity index (χ0) is 18.2. The van der Waals surface area contributed by atoms with Crippen molar-refractivity contribution >= 4 is 17.2 Å². The van der Waals surface area contributed by atoms with Gasteiger partial charge in [-0.2, -0.15) is 5.26 Å². The van der Waals surface area contributed by atoms with Crippen molar-refractivity contribution < 1.29 is 14.5 Å². The van der Waals surface area contributed by atoms with Crippen LogP contribution < -0.4 is 10.1 Å². The maximum absolute atomic E-state index is 11.3. The number of nitro groups is 1. The molecule has 25 heavy (non-hydrogen) atoms. The molecule has 7 heteroatoms. The highest BCUT2D eigenvalue weighted by atomic mass is 16.6. The van der Waals surface area contributed by atoms with E-state index in [0.717, 1.165) is 5.56 Å². The molecule has 0 saturated heterocycles. The first-order chi connectivity index (χ1) is 12.0. The van der Waals surface area contributed by atoms with Gasteiger partial charge in [0.05, 0.1) is 17.4 Å². The van der Waals surface area contributed by atoms with Crippen LogP contribution >= 0.6 is 0 Å². The summed E-state index contributed by atoms with van der Waals surface area (Å²) in [5, 5.41) is 22.7. The lowest BCUT2D eigenvalue weighted by Crippen LogP contribution is -2.12. The Labute approximate surface area is 145 Å². The smallest absolute Gasteiger partial charge is 0.293 e. The normalized spacial score (nSPS) is 9.92. The van der Waals surface area contributed by atoms with Crippen LogP contribution in [0.15, 0.2) is 42.5 Å². The minimum atomic E-state index is -0.524. The number of anilines is 1. The molecule has 0 bridgehead atoms. The molecule has 7 nitrogen and oxygen atoms in total. The van der Waals surface area contributed by atoms with E-state index in [9.17, 15) is 14.9 Å². The number of carbonyl (C=O) groups excluding carboxylic acids is 1. The van der Waals surface area contributed by atoms with Crippen molar-refractivity contribution in [1.82, 2.24) is 0 Å². The average Bonchev–Trinajstić information content (AvgIpc) is 2.60. The van der Waals surface area contributed by atoms with Crippen LogP contribution in [-0.2, 0) is 6.42 Å². The second kappa shape index (κ2) is 8.45. The molecule has 0 unspecified atom stereocenters. The summed E-state index contributed by atoms with van der Waals surface area (Å²) >= 11 is 0. The van der Waals surface area contributed by atoms with Crippen molar-refractivity contribution in [3.05, 3.63) is 63.7 Å². The Morgan fingerprint density at radius 1 is 1.28 bits per heavy atom. The Kier molecular flexibility index (Phi) is 6.07. The highest BCUT2D eigenvalue weighted by molar-refractivity contribution is 5.95. The van der Waals surface area contributed by atoms with Gasteiger partial charge in [0, 0.05) is 18.2 Å². The summed E-state index contributed by atoms with van der Waals surface area (Å²) in [7, 11) is 0. The third kappa shape index (κ3) is 5.04. The van der Waals surface area contributed by atoms with Crippen molar-refractivity contribution in [2.45, 2.75) is 13.3 Å². The molecule has 2 aromatic rings. The van der Waals surface area contributed by atoms with Crippen molar-refractivity contribution in [2.75, 3.05) is 18.5 Å². The van der Waals surface area contributed by atoms with E-state index < -0.39 is 4.92 Å². The van der Waals surface area contributed by atoms with Crippen LogP contribution in [0.25, 0.3) is 0 Å². The Hall–Kier alpha value is -3.40. The van der Waals surface area contributed by atoms with Gasteiger partial charge in [-0.15, -0.1) is 0 Å². The first kappa shape index (κ1) is 17.9. The summed E-state index contributed by atoms with van der Waals surface area (Å²) in [4.78, 5) is 21.9. The summed E-state index contributed by atoms with van der Waals surface area (Å²) in [6, 6.07) is 13.6. The zero-order valence-corrected chi connectivity index (χ0v) is 13.7. The molecule has 128 valence electrons. The fraction of sp³-hybridized carbons (Fsp3) is 0.222. The molecule has 0 spiro atoms. The van der Waals surface area contributed by atoms with Crippen LogP contribution in [0, 0.1) is 21.4 Å². The first-order valence-electron chi connectivity index (χ1n) is 7.63. The number of nitro benzene ring substituents is 1. The van der Waals surface area contributed by atoms with Crippen LogP contribution in [-0.4, -0.2) is 23.9 Å². The molecule has 0 aromatic heterocycles. The lowest BCUT2D eigenvalue weighted by Gasteiger charge is -2.10. The quantitative estimate of drug-likeness (QED) is 0.342. The van der Waals surface area contributed by atoms with Crippen LogP contribution in [0.4, 0.5) is 11.4 Å². The number of hydrogen-bond acceptors (Lipinski definition) is 6. The lowest BCUT2D eigenvalue weighted by molar-refractivity contribution is -0.384. The van der Waals surface area contributed by atoms with Gasteiger partial charge in [0.1, 0.15) is 18.0 Å². The summed E-state index contributed by atoms with van der Waals surface area (Å²) < 4.78 is 5.55. The SMILES string of the molecule is CC(=O)c1ccc(NCCOc2ccc(CC#N)cc2)c([N+](=O)[O-])c1. The van der Waals surface area contributed by atoms with Crippen molar-refractivity contribution in [2.24, 2.45) is 0 Å². The molecule has 0 amide bonds. The molecule has 2 aromatic carbocycles. The van der Waals surface area contributed by atoms with Gasteiger partial charge >= 0.3 is 0 Å². The maximum atomic E-state index is 11.3. The minimum Gasteiger partial charge on any atom is -0.492 e. The number of carbonyl (C=O) groups is 1. The fourth-order valence-corrected chi connectivity index (χ4v) is 2.20. The number of rotatable bonds is 8. The summed E-state index contributed by atoms with van der Waals surface area (Å²) in [6.07, 6.45) is 0.349. The van der Waals surface area contributed by atoms with E-state index in [1.807, 2.05) is 12.1 Å². The van der Waals surface area contributed by atoms with E-state index in [1.165, 1.54) is 19.1 Å². The van der Waals surface area contributed by atoms with Gasteiger partial charge in [0.15, 0.2) is 5.78 Å². The predicted molar refractivity (Wildman–Crippen MR) is 92.8 cm³/mol. The Morgan fingerprint density at radius 2 is 2.00 bits per heavy atom. The highest BCUT2D eigenvalue weighted by Crippen LogP contribution is 2.25. The first-order valence-corrected chi connectivity index (χ1v) is 7.63. The second-order valence-corrected chi connectivity index (χ2v) is 5.30. The topological polar surface area (TPSA) is 105 Å². The molecule has 0 aliphatic rings. The Balaban J connectivity index is 1.92. The van der Waals surface area contributed by atoms with Crippen molar-refractivity contribution in [3.8, 4) is 11.8 Å². The van der Waals surface area contributed by atoms with Gasteiger partial charge < -0.3 is 10.1 Å². The minimum absolute atomic E-state index is 0.145. The predicted octanol–water partition coefficient (Wildman–Crippen LogP) is 3.35. The molecular weight excluding hydrogens is 322 g/mol. The summed E-state index contributed by atoms with van der Waals surface area (Å²) in [5.41, 5.74) is 1.40. The van der Waals surface area contributed by atoms with Gasteiger partial charge in [-0.25, -0.2) is 0 Å². The van der Waals surface area contributed by atoms with Gasteiger partial charge in [-0.1, -0.05) is 12.1 Å². The Morgan fingerprint density at radius 3 is 2.60 bits per heavy atom. The highest BCUT2D eigenvalue weighted by Gasteiger charge is 2.15. The van der Waals surface area contributed by atoms with Gasteiger partial charge in [0.2, 0.25) is 0 Å². The fourth-order valence-electron chi connectivity index (χ4n) is 2.20. The molecule has 0 atom stereocenters. The van der Waals surface area contributed by atoms with Crippen LogP contribution in [0.2, 0.25) is 0 Å². The van der Waals surface area contributed by atoms with E-state index in [1.54, 1.807) is 18.2 Å². The summed E-state index contributed by atoms with van der Waals surface area (Å²) in [5.74, 6) is 0.433. The molecule has 0 aliphatic carbocycles. The van der Waals surface area contributed by atoms with E-state index >= 15 is 0 Å². The molecular formula is C18H17N3O4.